The number of hydrogen-bond donors (Lipinski definition) is 2. The fourth-order valence-corrected chi connectivity index (χ4v) is 15.5. The van der Waals surface area contributed by atoms with Gasteiger partial charge in [-0.1, -0.05) is 62.6 Å². The molecule has 3 aromatic carbocycles. The Morgan fingerprint density at radius 3 is 2.19 bits per heavy atom. The number of fused-ring (bicyclic) bond motifs is 2. The summed E-state index contributed by atoms with van der Waals surface area (Å²) < 4.78 is 38.5. The molecule has 3 aliphatic heterocycles. The Morgan fingerprint density at radius 2 is 1.46 bits per heavy atom. The number of piperidine rings is 2. The van der Waals surface area contributed by atoms with Gasteiger partial charge in [-0.25, -0.2) is 13.9 Å². The van der Waals surface area contributed by atoms with Crippen molar-refractivity contribution >= 4 is 40.2 Å². The first kappa shape index (κ1) is 52.8. The molecule has 4 aromatic rings. The van der Waals surface area contributed by atoms with Crippen molar-refractivity contribution in [3.63, 3.8) is 0 Å². The number of H-pyrrole nitrogens is 1. The van der Waals surface area contributed by atoms with E-state index in [1.165, 1.54) is 6.07 Å². The summed E-state index contributed by atoms with van der Waals surface area (Å²) >= 11 is 0. The van der Waals surface area contributed by atoms with Gasteiger partial charge in [0, 0.05) is 75.0 Å². The lowest BCUT2D eigenvalue weighted by Crippen LogP contribution is -2.55. The molecule has 8 fully saturated rings. The number of carbonyl (C=O) groups excluding carboxylic acids is 5. The van der Waals surface area contributed by atoms with E-state index in [2.05, 4.69) is 27.3 Å². The molecule has 3 saturated heterocycles. The van der Waals surface area contributed by atoms with Gasteiger partial charge in [0.1, 0.15) is 23.5 Å². The third kappa shape index (κ3) is 10.3. The first-order chi connectivity index (χ1) is 37.7. The van der Waals surface area contributed by atoms with Crippen molar-refractivity contribution in [2.75, 3.05) is 58.9 Å². The van der Waals surface area contributed by atoms with Gasteiger partial charge < -0.3 is 24.8 Å². The molecule has 6 atom stereocenters. The summed E-state index contributed by atoms with van der Waals surface area (Å²) in [5.41, 5.74) is 1.31. The van der Waals surface area contributed by atoms with Gasteiger partial charge >= 0.3 is 0 Å². The summed E-state index contributed by atoms with van der Waals surface area (Å²) in [6.45, 7) is 6.16. The molecule has 2 bridgehead atoms. The summed E-state index contributed by atoms with van der Waals surface area (Å²) in [6.07, 6.45) is 14.7. The molecular weight excluding hydrogens is 993 g/mol. The molecule has 0 spiro atoms. The molecule has 5 aliphatic carbocycles. The summed E-state index contributed by atoms with van der Waals surface area (Å²) in [7, 11) is 0. The van der Waals surface area contributed by atoms with Crippen LogP contribution in [-0.2, 0) is 25.5 Å². The predicted molar refractivity (Wildman–Crippen MR) is 290 cm³/mol. The monoisotopic (exact) mass is 1070 g/mol. The number of carbonyl (C=O) groups is 5. The highest BCUT2D eigenvalue weighted by Crippen LogP contribution is 2.71. The van der Waals surface area contributed by atoms with Crippen LogP contribution < -0.4 is 10.9 Å². The predicted octanol–water partition coefficient (Wildman–Crippen LogP) is 8.21. The SMILES string of the molecule is CC1(C(=O)C23CC4CC(c5cccc(C(=O)NC(C(=O)N6CCC(OC7CCN(CC(=O)N8CCN(C(=O)c9cc(Cc%10n[nH]c(=O)c%11ccccc%10%11)ccc9F)CC8)CC7)CC6)C6CCCCC6)c5F)CC(C2)C3C4)CC1. The van der Waals surface area contributed by atoms with E-state index in [1.807, 2.05) is 23.1 Å². The van der Waals surface area contributed by atoms with E-state index >= 15 is 8.78 Å². The highest BCUT2D eigenvalue weighted by Gasteiger charge is 2.68. The Bertz CT molecular complexity index is 3020. The molecule has 5 saturated carbocycles. The molecule has 0 radical (unpaired) electrons. The normalized spacial score (nSPS) is 27.0. The van der Waals surface area contributed by atoms with Gasteiger partial charge in [0.2, 0.25) is 11.8 Å². The number of benzene rings is 3. The summed E-state index contributed by atoms with van der Waals surface area (Å²) in [5, 5.41) is 11.1. The van der Waals surface area contributed by atoms with Gasteiger partial charge in [-0.2, -0.15) is 5.10 Å². The first-order valence-electron chi connectivity index (χ1n) is 29.4. The van der Waals surface area contributed by atoms with Crippen LogP contribution in [0.5, 0.6) is 0 Å². The zero-order valence-electron chi connectivity index (χ0n) is 45.1. The fraction of sp³-hybridized carbons (Fsp3) is 0.597. The molecular formula is C62H75F2N7O7. The highest BCUT2D eigenvalue weighted by molar-refractivity contribution is 5.98. The number of aromatic nitrogens is 2. The van der Waals surface area contributed by atoms with E-state index in [4.69, 9.17) is 4.74 Å². The summed E-state index contributed by atoms with van der Waals surface area (Å²) in [6, 6.07) is 16.1. The van der Waals surface area contributed by atoms with Gasteiger partial charge in [0.25, 0.3) is 17.4 Å². The number of nitrogens with zero attached hydrogens (tertiary/aromatic N) is 5. The third-order valence-electron chi connectivity index (χ3n) is 20.1. The smallest absolute Gasteiger partial charge is 0.272 e. The number of Topliss-reactive ketones (excluding diaryl/α,β-unsaturated/α-hetero) is 1. The molecule has 2 N–H and O–H groups in total. The van der Waals surface area contributed by atoms with Gasteiger partial charge in [0.05, 0.1) is 41.0 Å². The maximum absolute atomic E-state index is 16.7. The van der Waals surface area contributed by atoms with Crippen LogP contribution in [0.2, 0.25) is 0 Å². The number of likely N-dealkylation sites (tertiary alicyclic amines) is 2. The molecule has 8 aliphatic rings. The second-order valence-corrected chi connectivity index (χ2v) is 25.0. The Morgan fingerprint density at radius 1 is 0.756 bits per heavy atom. The maximum Gasteiger partial charge on any atom is 0.272 e. The van der Waals surface area contributed by atoms with Crippen molar-refractivity contribution < 1.29 is 37.5 Å². The van der Waals surface area contributed by atoms with Crippen molar-refractivity contribution in [2.24, 2.45) is 34.5 Å². The number of amides is 4. The van der Waals surface area contributed by atoms with Gasteiger partial charge in [-0.3, -0.25) is 33.7 Å². The number of ether oxygens (including phenoxy) is 1. The lowest BCUT2D eigenvalue weighted by molar-refractivity contribution is -0.149. The standard InChI is InChI=1S/C62H75F2N7O7/c1-61(20-21-61)60(77)62-35-39-30-41(34-42(36-62)50(62)32-39)45-12-7-13-48(54(45)64)56(73)65-55(40-8-3-2-4-9-40)59(76)70-24-18-44(19-25-70)78-43-16-22-68(23-17-43)37-53(72)69-26-28-71(29-27-69)58(75)49-31-38(14-15-51(49)63)33-52-46-10-5-6-11-47(46)57(74)67-66-52/h5-7,10-15,31,39-44,50,55H,2-4,8-9,16-30,32-37H2,1H3,(H,65,73)(H,67,74). The minimum Gasteiger partial charge on any atom is -0.375 e. The van der Waals surface area contributed by atoms with Crippen LogP contribution in [0.3, 0.4) is 0 Å². The Hall–Kier alpha value is -5.87. The summed E-state index contributed by atoms with van der Waals surface area (Å²) in [4.78, 5) is 89.2. The number of nitrogens with one attached hydrogen (secondary N) is 2. The molecule has 6 unspecified atom stereocenters. The molecule has 14 nitrogen and oxygen atoms in total. The lowest BCUT2D eigenvalue weighted by atomic mass is 9.49. The van der Waals surface area contributed by atoms with Crippen LogP contribution in [-0.4, -0.2) is 136 Å². The maximum atomic E-state index is 16.7. The minimum atomic E-state index is -0.728. The van der Waals surface area contributed by atoms with Crippen molar-refractivity contribution in [3.05, 3.63) is 111 Å². The van der Waals surface area contributed by atoms with Crippen LogP contribution >= 0.6 is 0 Å². The van der Waals surface area contributed by atoms with E-state index in [1.54, 1.807) is 46.2 Å². The van der Waals surface area contributed by atoms with E-state index in [0.29, 0.717) is 123 Å². The first-order valence-corrected chi connectivity index (χ1v) is 29.4. The second-order valence-electron chi connectivity index (χ2n) is 25.0. The number of piperazine rings is 1. The zero-order valence-corrected chi connectivity index (χ0v) is 45.1. The number of rotatable bonds is 14. The van der Waals surface area contributed by atoms with Crippen molar-refractivity contribution in [1.82, 2.24) is 35.1 Å². The van der Waals surface area contributed by atoms with Crippen molar-refractivity contribution in [2.45, 2.75) is 140 Å². The van der Waals surface area contributed by atoms with Crippen LogP contribution in [0.1, 0.15) is 153 Å². The largest absolute Gasteiger partial charge is 0.375 e. The topological polar surface area (TPSA) is 165 Å². The molecule has 78 heavy (non-hydrogen) atoms. The third-order valence-corrected chi connectivity index (χ3v) is 20.1. The molecule has 1 aromatic heterocycles. The van der Waals surface area contributed by atoms with Crippen LogP contribution in [0.15, 0.2) is 65.5 Å². The molecule has 4 heterocycles. The Kier molecular flexibility index (Phi) is 14.7. The second kappa shape index (κ2) is 21.6. The molecule has 4 amide bonds. The van der Waals surface area contributed by atoms with Crippen molar-refractivity contribution in [3.8, 4) is 0 Å². The van der Waals surface area contributed by atoms with E-state index in [9.17, 15) is 28.8 Å². The van der Waals surface area contributed by atoms with E-state index in [0.717, 1.165) is 89.9 Å². The molecule has 414 valence electrons. The minimum absolute atomic E-state index is 0.00204. The van der Waals surface area contributed by atoms with E-state index in [-0.39, 0.29) is 69.9 Å². The van der Waals surface area contributed by atoms with Crippen LogP contribution in [0.4, 0.5) is 8.78 Å². The van der Waals surface area contributed by atoms with Crippen LogP contribution in [0, 0.1) is 46.1 Å². The Balaban J connectivity index is 0.590. The lowest BCUT2D eigenvalue weighted by Gasteiger charge is -2.53. The average Bonchev–Trinajstić information content (AvgIpc) is 4.01. The summed E-state index contributed by atoms with van der Waals surface area (Å²) in [5.74, 6) is -0.406. The van der Waals surface area contributed by atoms with Crippen LogP contribution in [0.25, 0.3) is 10.8 Å². The molecule has 12 rings (SSSR count). The number of ketones is 1. The van der Waals surface area contributed by atoms with Crippen molar-refractivity contribution in [1.29, 1.82) is 0 Å². The van der Waals surface area contributed by atoms with Gasteiger partial charge in [-0.05, 0) is 148 Å². The highest BCUT2D eigenvalue weighted by atomic mass is 19.1. The van der Waals surface area contributed by atoms with Gasteiger partial charge in [-0.15, -0.1) is 0 Å². The molecule has 16 heteroatoms. The number of halogens is 2. The zero-order chi connectivity index (χ0) is 53.9. The number of aromatic amines is 1. The number of hydrogen-bond acceptors (Lipinski definition) is 9. The fourth-order valence-electron chi connectivity index (χ4n) is 15.5. The van der Waals surface area contributed by atoms with Gasteiger partial charge in [0.15, 0.2) is 0 Å². The quantitative estimate of drug-likeness (QED) is 0.127. The Labute approximate surface area is 455 Å². The van der Waals surface area contributed by atoms with E-state index < -0.39 is 29.5 Å². The average molecular weight is 1070 g/mol.